The van der Waals surface area contributed by atoms with E-state index in [2.05, 4.69) is 10.6 Å². The molecule has 0 saturated carbocycles. The minimum absolute atomic E-state index is 0.00168. The summed E-state index contributed by atoms with van der Waals surface area (Å²) in [7, 11) is 0. The van der Waals surface area contributed by atoms with Crippen molar-refractivity contribution in [3.63, 3.8) is 0 Å². The van der Waals surface area contributed by atoms with Gasteiger partial charge in [-0.1, -0.05) is 12.1 Å². The lowest BCUT2D eigenvalue weighted by molar-refractivity contribution is -0.121. The lowest BCUT2D eigenvalue weighted by Crippen LogP contribution is -2.37. The first-order valence-corrected chi connectivity index (χ1v) is 9.74. The quantitative estimate of drug-likeness (QED) is 0.484. The Morgan fingerprint density at radius 3 is 2.10 bits per heavy atom. The van der Waals surface area contributed by atoms with Gasteiger partial charge in [0.2, 0.25) is 5.91 Å². The van der Waals surface area contributed by atoms with Gasteiger partial charge in [-0.25, -0.2) is 0 Å². The highest BCUT2D eigenvalue weighted by atomic mass is 16.5. The molecule has 0 spiro atoms. The number of benzene rings is 2. The van der Waals surface area contributed by atoms with E-state index in [4.69, 9.17) is 4.74 Å². The third kappa shape index (κ3) is 4.83. The summed E-state index contributed by atoms with van der Waals surface area (Å²) in [6, 6.07) is 13.4. The molecule has 0 aromatic heterocycles. The van der Waals surface area contributed by atoms with Gasteiger partial charge in [0.25, 0.3) is 17.7 Å². The average Bonchev–Trinajstić information content (AvgIpc) is 3.00. The number of fused-ring (bicyclic) bond motifs is 1. The summed E-state index contributed by atoms with van der Waals surface area (Å²) in [6.07, 6.45) is -0.00168. The fourth-order valence-corrected chi connectivity index (χ4v) is 3.09. The largest absolute Gasteiger partial charge is 0.494 e. The van der Waals surface area contributed by atoms with Crippen molar-refractivity contribution in [2.24, 2.45) is 0 Å². The molecule has 0 radical (unpaired) electrons. The molecule has 0 aliphatic carbocycles. The van der Waals surface area contributed by atoms with Crippen LogP contribution in [0.2, 0.25) is 0 Å². The van der Waals surface area contributed by atoms with Gasteiger partial charge in [0.1, 0.15) is 5.75 Å². The van der Waals surface area contributed by atoms with Gasteiger partial charge in [0, 0.05) is 31.6 Å². The minimum atomic E-state index is -0.383. The number of ether oxygens (including phenoxy) is 1. The molecular formula is C22H23N3O5. The third-order valence-electron chi connectivity index (χ3n) is 4.60. The second-order valence-corrected chi connectivity index (χ2v) is 6.62. The molecule has 2 N–H and O–H groups in total. The smallest absolute Gasteiger partial charge is 0.261 e. The highest BCUT2D eigenvalue weighted by Crippen LogP contribution is 2.22. The molecule has 2 aromatic rings. The zero-order valence-corrected chi connectivity index (χ0v) is 16.6. The Kier molecular flexibility index (Phi) is 6.79. The number of carbonyl (C=O) groups is 4. The normalized spacial score (nSPS) is 12.5. The number of hydrogen-bond acceptors (Lipinski definition) is 5. The van der Waals surface area contributed by atoms with Gasteiger partial charge in [-0.15, -0.1) is 0 Å². The predicted octanol–water partition coefficient (Wildman–Crippen LogP) is 1.62. The molecule has 1 heterocycles. The molecule has 0 atom stereocenters. The lowest BCUT2D eigenvalue weighted by Gasteiger charge is -2.13. The summed E-state index contributed by atoms with van der Waals surface area (Å²) < 4.78 is 5.33. The fraction of sp³-hybridized carbons (Fsp3) is 0.273. The molecule has 1 aliphatic heterocycles. The molecule has 0 fully saturated rings. The molecule has 8 heteroatoms. The first-order valence-electron chi connectivity index (χ1n) is 9.74. The molecule has 1 aliphatic rings. The van der Waals surface area contributed by atoms with Crippen LogP contribution >= 0.6 is 0 Å². The summed E-state index contributed by atoms with van der Waals surface area (Å²) in [5.74, 6) is -0.628. The molecule has 4 amide bonds. The summed E-state index contributed by atoms with van der Waals surface area (Å²) in [4.78, 5) is 49.7. The molecule has 30 heavy (non-hydrogen) atoms. The Bertz CT molecular complexity index is 921. The van der Waals surface area contributed by atoms with Gasteiger partial charge in [-0.05, 0) is 43.3 Å². The molecule has 2 aromatic carbocycles. The van der Waals surface area contributed by atoms with E-state index < -0.39 is 0 Å². The molecule has 156 valence electrons. The SMILES string of the molecule is CCOc1ccc(C(=O)NCCNC(=O)CCN2C(=O)c3ccccc3C2=O)cc1. The molecule has 0 unspecified atom stereocenters. The second kappa shape index (κ2) is 9.69. The van der Waals surface area contributed by atoms with E-state index in [-0.39, 0.29) is 49.7 Å². The maximum atomic E-state index is 12.3. The van der Waals surface area contributed by atoms with E-state index >= 15 is 0 Å². The predicted molar refractivity (Wildman–Crippen MR) is 109 cm³/mol. The molecule has 8 nitrogen and oxygen atoms in total. The van der Waals surface area contributed by atoms with Crippen molar-refractivity contribution >= 4 is 23.6 Å². The van der Waals surface area contributed by atoms with E-state index in [9.17, 15) is 19.2 Å². The zero-order chi connectivity index (χ0) is 21.5. The van der Waals surface area contributed by atoms with Crippen LogP contribution in [0.4, 0.5) is 0 Å². The number of rotatable bonds is 9. The van der Waals surface area contributed by atoms with Crippen LogP contribution in [-0.2, 0) is 4.79 Å². The van der Waals surface area contributed by atoms with Crippen LogP contribution in [0.3, 0.4) is 0 Å². The number of imide groups is 1. The Labute approximate surface area is 174 Å². The molecule has 0 bridgehead atoms. The summed E-state index contributed by atoms with van der Waals surface area (Å²) >= 11 is 0. The van der Waals surface area contributed by atoms with Crippen LogP contribution in [0.15, 0.2) is 48.5 Å². The van der Waals surface area contributed by atoms with Crippen molar-refractivity contribution in [1.29, 1.82) is 0 Å². The van der Waals surface area contributed by atoms with E-state index in [0.29, 0.717) is 29.0 Å². The highest BCUT2D eigenvalue weighted by Gasteiger charge is 2.34. The first kappa shape index (κ1) is 21.0. The van der Waals surface area contributed by atoms with E-state index in [1.54, 1.807) is 48.5 Å². The van der Waals surface area contributed by atoms with Gasteiger partial charge in [0.05, 0.1) is 17.7 Å². The number of nitrogens with zero attached hydrogens (tertiary/aromatic N) is 1. The Morgan fingerprint density at radius 1 is 0.900 bits per heavy atom. The number of carbonyl (C=O) groups excluding carboxylic acids is 4. The first-order chi connectivity index (χ1) is 14.5. The van der Waals surface area contributed by atoms with Gasteiger partial charge >= 0.3 is 0 Å². The van der Waals surface area contributed by atoms with Crippen molar-refractivity contribution in [2.75, 3.05) is 26.2 Å². The van der Waals surface area contributed by atoms with Crippen molar-refractivity contribution in [3.05, 3.63) is 65.2 Å². The maximum absolute atomic E-state index is 12.3. The van der Waals surface area contributed by atoms with Crippen molar-refractivity contribution < 1.29 is 23.9 Å². The van der Waals surface area contributed by atoms with Crippen molar-refractivity contribution in [3.8, 4) is 5.75 Å². The minimum Gasteiger partial charge on any atom is -0.494 e. The average molecular weight is 409 g/mol. The zero-order valence-electron chi connectivity index (χ0n) is 16.6. The van der Waals surface area contributed by atoms with Crippen LogP contribution in [0.5, 0.6) is 5.75 Å². The van der Waals surface area contributed by atoms with Crippen LogP contribution in [0.25, 0.3) is 0 Å². The number of nitrogens with one attached hydrogen (secondary N) is 2. The highest BCUT2D eigenvalue weighted by molar-refractivity contribution is 6.21. The van der Waals surface area contributed by atoms with Gasteiger partial charge < -0.3 is 15.4 Å². The molecule has 3 rings (SSSR count). The van der Waals surface area contributed by atoms with Gasteiger partial charge in [0.15, 0.2) is 0 Å². The van der Waals surface area contributed by atoms with Crippen LogP contribution < -0.4 is 15.4 Å². The third-order valence-corrected chi connectivity index (χ3v) is 4.60. The van der Waals surface area contributed by atoms with Crippen molar-refractivity contribution in [1.82, 2.24) is 15.5 Å². The Hall–Kier alpha value is -3.68. The monoisotopic (exact) mass is 409 g/mol. The lowest BCUT2D eigenvalue weighted by atomic mass is 10.1. The van der Waals surface area contributed by atoms with Crippen LogP contribution in [0.1, 0.15) is 44.4 Å². The summed E-state index contributed by atoms with van der Waals surface area (Å²) in [6.45, 7) is 2.94. The van der Waals surface area contributed by atoms with Crippen molar-refractivity contribution in [2.45, 2.75) is 13.3 Å². The summed E-state index contributed by atoms with van der Waals surface area (Å²) in [5, 5.41) is 5.38. The summed E-state index contributed by atoms with van der Waals surface area (Å²) in [5.41, 5.74) is 1.22. The van der Waals surface area contributed by atoms with Crippen LogP contribution in [-0.4, -0.2) is 54.8 Å². The van der Waals surface area contributed by atoms with E-state index in [0.717, 1.165) is 4.90 Å². The van der Waals surface area contributed by atoms with Gasteiger partial charge in [-0.3, -0.25) is 24.1 Å². The standard InChI is InChI=1S/C22H23N3O5/c1-2-30-16-9-7-15(8-10-16)20(27)24-13-12-23-19(26)11-14-25-21(28)17-5-3-4-6-18(17)22(25)29/h3-10H,2,11-14H2,1H3,(H,23,26)(H,24,27). The topological polar surface area (TPSA) is 105 Å². The number of hydrogen-bond donors (Lipinski definition) is 2. The van der Waals surface area contributed by atoms with Crippen LogP contribution in [0, 0.1) is 0 Å². The molecular weight excluding hydrogens is 386 g/mol. The number of amides is 4. The van der Waals surface area contributed by atoms with E-state index in [1.807, 2.05) is 6.92 Å². The van der Waals surface area contributed by atoms with Gasteiger partial charge in [-0.2, -0.15) is 0 Å². The maximum Gasteiger partial charge on any atom is 0.261 e. The fourth-order valence-electron chi connectivity index (χ4n) is 3.09. The Morgan fingerprint density at radius 2 is 1.50 bits per heavy atom. The Balaban J connectivity index is 1.37. The molecule has 0 saturated heterocycles. The second-order valence-electron chi connectivity index (χ2n) is 6.62. The van der Waals surface area contributed by atoms with E-state index in [1.165, 1.54) is 0 Å².